The second-order valence-corrected chi connectivity index (χ2v) is 9.08. The van der Waals surface area contributed by atoms with Crippen LogP contribution in [0.2, 0.25) is 0 Å². The lowest BCUT2D eigenvalue weighted by molar-refractivity contribution is -0.119. The third kappa shape index (κ3) is 5.18. The molecule has 27 heavy (non-hydrogen) atoms. The number of anilines is 1. The van der Waals surface area contributed by atoms with Gasteiger partial charge in [0, 0.05) is 16.8 Å². The van der Waals surface area contributed by atoms with E-state index in [1.165, 1.54) is 12.1 Å². The summed E-state index contributed by atoms with van der Waals surface area (Å²) in [7, 11) is -3.29. The van der Waals surface area contributed by atoms with Gasteiger partial charge in [0.25, 0.3) is 0 Å². The highest BCUT2D eigenvalue weighted by Crippen LogP contribution is 2.25. The molecule has 1 aromatic heterocycles. The van der Waals surface area contributed by atoms with Gasteiger partial charge in [-0.2, -0.15) is 0 Å². The largest absolute Gasteiger partial charge is 0.376 e. The van der Waals surface area contributed by atoms with E-state index in [1.54, 1.807) is 23.5 Å². The monoisotopic (exact) mass is 400 g/mol. The molecule has 5 nitrogen and oxygen atoms in total. The van der Waals surface area contributed by atoms with Crippen LogP contribution in [0.3, 0.4) is 0 Å². The Morgan fingerprint density at radius 2 is 1.81 bits per heavy atom. The van der Waals surface area contributed by atoms with Gasteiger partial charge in [-0.25, -0.2) is 8.42 Å². The number of rotatable bonds is 7. The first-order chi connectivity index (χ1) is 12.9. The SMILES string of the molecule is CS(=O)(=O)c1cccc(NCC(=O)N[C@H](c2ccccc2)c2cccs2)c1. The maximum absolute atomic E-state index is 12.5. The van der Waals surface area contributed by atoms with Crippen LogP contribution in [0.1, 0.15) is 16.5 Å². The second kappa shape index (κ2) is 8.37. The third-order valence-electron chi connectivity index (χ3n) is 3.98. The molecule has 0 bridgehead atoms. The summed E-state index contributed by atoms with van der Waals surface area (Å²) in [5.41, 5.74) is 1.59. The fourth-order valence-corrected chi connectivity index (χ4v) is 4.12. The van der Waals surface area contributed by atoms with Crippen molar-refractivity contribution in [3.05, 3.63) is 82.6 Å². The van der Waals surface area contributed by atoms with Gasteiger partial charge in [-0.15, -0.1) is 11.3 Å². The van der Waals surface area contributed by atoms with Crippen LogP contribution in [-0.2, 0) is 14.6 Å². The first-order valence-corrected chi connectivity index (χ1v) is 11.1. The molecule has 0 spiro atoms. The topological polar surface area (TPSA) is 75.3 Å². The molecular weight excluding hydrogens is 380 g/mol. The lowest BCUT2D eigenvalue weighted by atomic mass is 10.1. The van der Waals surface area contributed by atoms with Gasteiger partial charge in [0.2, 0.25) is 5.91 Å². The summed E-state index contributed by atoms with van der Waals surface area (Å²) in [4.78, 5) is 13.8. The Hall–Kier alpha value is -2.64. The molecule has 0 aliphatic rings. The van der Waals surface area contributed by atoms with E-state index >= 15 is 0 Å². The number of benzene rings is 2. The molecule has 0 saturated heterocycles. The molecular formula is C20H20N2O3S2. The molecule has 1 amide bonds. The van der Waals surface area contributed by atoms with Crippen LogP contribution < -0.4 is 10.6 Å². The Bertz CT molecular complexity index is 1000. The molecule has 7 heteroatoms. The zero-order chi connectivity index (χ0) is 19.3. The highest BCUT2D eigenvalue weighted by Gasteiger charge is 2.17. The first-order valence-electron chi connectivity index (χ1n) is 8.35. The van der Waals surface area contributed by atoms with E-state index in [2.05, 4.69) is 10.6 Å². The van der Waals surface area contributed by atoms with Crippen LogP contribution >= 0.6 is 11.3 Å². The first kappa shape index (κ1) is 19.1. The Labute approximate surface area is 163 Å². The number of carbonyl (C=O) groups is 1. The van der Waals surface area contributed by atoms with Gasteiger partial charge in [-0.05, 0) is 35.2 Å². The van der Waals surface area contributed by atoms with Crippen molar-refractivity contribution in [3.63, 3.8) is 0 Å². The molecule has 0 fully saturated rings. The van der Waals surface area contributed by atoms with E-state index < -0.39 is 9.84 Å². The van der Waals surface area contributed by atoms with E-state index in [0.717, 1.165) is 16.7 Å². The number of nitrogens with one attached hydrogen (secondary N) is 2. The fraction of sp³-hybridized carbons (Fsp3) is 0.150. The number of hydrogen-bond donors (Lipinski definition) is 2. The summed E-state index contributed by atoms with van der Waals surface area (Å²) in [6, 6.07) is 19.9. The highest BCUT2D eigenvalue weighted by molar-refractivity contribution is 7.90. The van der Waals surface area contributed by atoms with Crippen LogP contribution in [-0.4, -0.2) is 27.1 Å². The summed E-state index contributed by atoms with van der Waals surface area (Å²) < 4.78 is 23.3. The zero-order valence-corrected chi connectivity index (χ0v) is 16.4. The van der Waals surface area contributed by atoms with Crippen LogP contribution in [0.5, 0.6) is 0 Å². The highest BCUT2D eigenvalue weighted by atomic mass is 32.2. The van der Waals surface area contributed by atoms with Gasteiger partial charge >= 0.3 is 0 Å². The van der Waals surface area contributed by atoms with E-state index in [1.807, 2.05) is 47.8 Å². The molecule has 0 unspecified atom stereocenters. The van der Waals surface area contributed by atoms with E-state index in [0.29, 0.717) is 5.69 Å². The van der Waals surface area contributed by atoms with Crippen molar-refractivity contribution in [1.82, 2.24) is 5.32 Å². The van der Waals surface area contributed by atoms with Crippen LogP contribution in [0.15, 0.2) is 77.0 Å². The van der Waals surface area contributed by atoms with Gasteiger partial charge in [0.1, 0.15) is 0 Å². The Balaban J connectivity index is 1.69. The predicted octanol–water partition coefficient (Wildman–Crippen LogP) is 3.47. The van der Waals surface area contributed by atoms with Crippen molar-refractivity contribution in [2.24, 2.45) is 0 Å². The van der Waals surface area contributed by atoms with Gasteiger partial charge in [-0.3, -0.25) is 4.79 Å². The molecule has 0 aliphatic heterocycles. The van der Waals surface area contributed by atoms with Crippen molar-refractivity contribution in [3.8, 4) is 0 Å². The van der Waals surface area contributed by atoms with E-state index in [4.69, 9.17) is 0 Å². The molecule has 0 saturated carbocycles. The van der Waals surface area contributed by atoms with Crippen LogP contribution in [0.25, 0.3) is 0 Å². The molecule has 3 rings (SSSR count). The number of sulfone groups is 1. The van der Waals surface area contributed by atoms with Crippen molar-refractivity contribution >= 4 is 32.8 Å². The van der Waals surface area contributed by atoms with Crippen molar-refractivity contribution < 1.29 is 13.2 Å². The quantitative estimate of drug-likeness (QED) is 0.637. The summed E-state index contributed by atoms with van der Waals surface area (Å²) in [6.45, 7) is 0.0436. The summed E-state index contributed by atoms with van der Waals surface area (Å²) in [5.74, 6) is -0.179. The lowest BCUT2D eigenvalue weighted by Crippen LogP contribution is -2.33. The third-order valence-corrected chi connectivity index (χ3v) is 6.03. The van der Waals surface area contributed by atoms with Crippen molar-refractivity contribution in [2.75, 3.05) is 18.1 Å². The summed E-state index contributed by atoms with van der Waals surface area (Å²) in [5, 5.41) is 8.01. The van der Waals surface area contributed by atoms with Crippen LogP contribution in [0.4, 0.5) is 5.69 Å². The standard InChI is InChI=1S/C20H20N2O3S2/c1-27(24,25)17-10-5-9-16(13-17)21-14-19(23)22-20(18-11-6-12-26-18)15-7-3-2-4-8-15/h2-13,20-21H,14H2,1H3,(H,22,23)/t20-/m1/s1. The maximum Gasteiger partial charge on any atom is 0.240 e. The van der Waals surface area contributed by atoms with Crippen molar-refractivity contribution in [1.29, 1.82) is 0 Å². The lowest BCUT2D eigenvalue weighted by Gasteiger charge is -2.18. The molecule has 140 valence electrons. The number of carbonyl (C=O) groups excluding carboxylic acids is 1. The molecule has 2 aromatic carbocycles. The molecule has 3 aromatic rings. The Morgan fingerprint density at radius 3 is 2.48 bits per heavy atom. The minimum Gasteiger partial charge on any atom is -0.376 e. The second-order valence-electron chi connectivity index (χ2n) is 6.08. The maximum atomic E-state index is 12.5. The average Bonchev–Trinajstić information content (AvgIpc) is 3.19. The van der Waals surface area contributed by atoms with Gasteiger partial charge in [-0.1, -0.05) is 42.5 Å². The number of thiophene rings is 1. The molecule has 0 radical (unpaired) electrons. The normalized spacial score (nSPS) is 12.3. The average molecular weight is 401 g/mol. The molecule has 1 heterocycles. The zero-order valence-electron chi connectivity index (χ0n) is 14.8. The van der Waals surface area contributed by atoms with Gasteiger partial charge in [0.05, 0.1) is 17.5 Å². The summed E-state index contributed by atoms with van der Waals surface area (Å²) in [6.07, 6.45) is 1.16. The van der Waals surface area contributed by atoms with E-state index in [-0.39, 0.29) is 23.4 Å². The minimum atomic E-state index is -3.29. The summed E-state index contributed by atoms with van der Waals surface area (Å²) >= 11 is 1.59. The van der Waals surface area contributed by atoms with Crippen LogP contribution in [0, 0.1) is 0 Å². The molecule has 1 atom stereocenters. The minimum absolute atomic E-state index is 0.0436. The Kier molecular flexibility index (Phi) is 5.93. The fourth-order valence-electron chi connectivity index (χ4n) is 2.65. The molecule has 0 aliphatic carbocycles. The Morgan fingerprint density at radius 1 is 1.04 bits per heavy atom. The van der Waals surface area contributed by atoms with E-state index in [9.17, 15) is 13.2 Å². The smallest absolute Gasteiger partial charge is 0.240 e. The van der Waals surface area contributed by atoms with Gasteiger partial charge in [0.15, 0.2) is 9.84 Å². The number of amides is 1. The predicted molar refractivity (Wildman–Crippen MR) is 109 cm³/mol. The number of hydrogen-bond acceptors (Lipinski definition) is 5. The molecule has 2 N–H and O–H groups in total. The van der Waals surface area contributed by atoms with Gasteiger partial charge < -0.3 is 10.6 Å². The van der Waals surface area contributed by atoms with Crippen molar-refractivity contribution in [2.45, 2.75) is 10.9 Å².